The Morgan fingerprint density at radius 1 is 1.43 bits per heavy atom. The van der Waals surface area contributed by atoms with Gasteiger partial charge in [-0.3, -0.25) is 4.79 Å². The topological polar surface area (TPSA) is 38.3 Å². The number of ether oxygens (including phenoxy) is 1. The van der Waals surface area contributed by atoms with Gasteiger partial charge in [0.15, 0.2) is 5.78 Å². The van der Waals surface area contributed by atoms with Gasteiger partial charge in [-0.05, 0) is 12.5 Å². The first-order chi connectivity index (χ1) is 10.8. The minimum absolute atomic E-state index is 0.149. The summed E-state index contributed by atoms with van der Waals surface area (Å²) < 4.78 is 44.5. The maximum absolute atomic E-state index is 13.2. The minimum Gasteiger partial charge on any atom is -0.495 e. The summed E-state index contributed by atoms with van der Waals surface area (Å²) in [5.74, 6) is -0.562. The molecular weight excluding hydrogens is 327 g/mol. The maximum Gasteiger partial charge on any atom is 0.419 e. The van der Waals surface area contributed by atoms with Crippen LogP contribution in [0.2, 0.25) is 0 Å². The van der Waals surface area contributed by atoms with Crippen LogP contribution in [0.1, 0.15) is 17.5 Å². The van der Waals surface area contributed by atoms with Gasteiger partial charge >= 0.3 is 6.18 Å². The van der Waals surface area contributed by atoms with Crippen molar-refractivity contribution in [2.24, 2.45) is 0 Å². The number of carbonyl (C=O) groups is 1. The number of thioether (sulfide) groups is 1. The largest absolute Gasteiger partial charge is 0.495 e. The molecule has 1 heterocycles. The molecule has 3 nitrogen and oxygen atoms in total. The summed E-state index contributed by atoms with van der Waals surface area (Å²) >= 11 is 1.29. The van der Waals surface area contributed by atoms with Gasteiger partial charge in [-0.1, -0.05) is 30.0 Å². The third-order valence-electron chi connectivity index (χ3n) is 3.43. The van der Waals surface area contributed by atoms with Gasteiger partial charge in [0, 0.05) is 12.6 Å². The van der Waals surface area contributed by atoms with Crippen LogP contribution in [0.4, 0.5) is 13.2 Å². The Morgan fingerprint density at radius 3 is 2.65 bits per heavy atom. The maximum atomic E-state index is 13.2. The molecule has 7 heteroatoms. The lowest BCUT2D eigenvalue weighted by Gasteiger charge is -2.16. The molecular formula is C16H16F3NO2S. The van der Waals surface area contributed by atoms with E-state index >= 15 is 0 Å². The van der Waals surface area contributed by atoms with Crippen molar-refractivity contribution in [3.05, 3.63) is 47.0 Å². The molecule has 1 N–H and O–H groups in total. The first-order valence-electron chi connectivity index (χ1n) is 6.83. The highest BCUT2D eigenvalue weighted by molar-refractivity contribution is 8.05. The molecule has 1 unspecified atom stereocenters. The van der Waals surface area contributed by atoms with Gasteiger partial charge in [0.05, 0.1) is 28.5 Å². The lowest BCUT2D eigenvalue weighted by Crippen LogP contribution is -2.15. The molecule has 23 heavy (non-hydrogen) atoms. The highest BCUT2D eigenvalue weighted by atomic mass is 32.2. The highest BCUT2D eigenvalue weighted by Gasteiger charge is 2.39. The fourth-order valence-corrected chi connectivity index (χ4v) is 3.64. The predicted octanol–water partition coefficient (Wildman–Crippen LogP) is 3.86. The number of ketones is 1. The van der Waals surface area contributed by atoms with Crippen LogP contribution in [-0.4, -0.2) is 25.2 Å². The Hall–Kier alpha value is -1.89. The third kappa shape index (κ3) is 3.24. The molecule has 2 rings (SSSR count). The van der Waals surface area contributed by atoms with Crippen LogP contribution in [0.25, 0.3) is 5.57 Å². The van der Waals surface area contributed by atoms with Crippen molar-refractivity contribution >= 4 is 23.1 Å². The molecule has 1 aliphatic heterocycles. The molecule has 1 aromatic rings. The number of rotatable bonds is 5. The number of hydrogen-bond donors (Lipinski definition) is 1. The molecule has 0 aliphatic carbocycles. The van der Waals surface area contributed by atoms with E-state index in [2.05, 4.69) is 11.9 Å². The van der Waals surface area contributed by atoms with E-state index in [4.69, 9.17) is 4.74 Å². The number of allylic oxidation sites excluding steroid dienone is 2. The quantitative estimate of drug-likeness (QED) is 0.824. The lowest BCUT2D eigenvalue weighted by molar-refractivity contribution is -0.138. The molecule has 0 bridgehead atoms. The van der Waals surface area contributed by atoms with Crippen LogP contribution in [0.5, 0.6) is 5.75 Å². The van der Waals surface area contributed by atoms with E-state index in [0.29, 0.717) is 11.4 Å². The summed E-state index contributed by atoms with van der Waals surface area (Å²) in [6.07, 6.45) is -2.49. The molecule has 0 amide bonds. The van der Waals surface area contributed by atoms with Crippen molar-refractivity contribution in [1.82, 2.24) is 5.32 Å². The Labute approximate surface area is 136 Å². The predicted molar refractivity (Wildman–Crippen MR) is 85.2 cm³/mol. The van der Waals surface area contributed by atoms with Crippen LogP contribution in [0, 0.1) is 0 Å². The second kappa shape index (κ2) is 6.70. The van der Waals surface area contributed by atoms with E-state index in [1.165, 1.54) is 31.0 Å². The van der Waals surface area contributed by atoms with Gasteiger partial charge in [-0.15, -0.1) is 6.58 Å². The number of halogens is 3. The van der Waals surface area contributed by atoms with Crippen molar-refractivity contribution in [2.75, 3.05) is 14.2 Å². The van der Waals surface area contributed by atoms with E-state index in [-0.39, 0.29) is 27.9 Å². The highest BCUT2D eigenvalue weighted by Crippen LogP contribution is 2.46. The number of benzene rings is 1. The third-order valence-corrected chi connectivity index (χ3v) is 4.76. The SMILES string of the molecule is C=CCC1SC(NC)=C(c2cccc(C(F)(F)F)c2OC)C1=O. The normalized spacial score (nSPS) is 18.3. The Balaban J connectivity index is 2.61. The Bertz CT molecular complexity index is 668. The monoisotopic (exact) mass is 343 g/mol. The van der Waals surface area contributed by atoms with Crippen molar-refractivity contribution in [3.8, 4) is 5.75 Å². The summed E-state index contributed by atoms with van der Waals surface area (Å²) in [5, 5.41) is 3.05. The van der Waals surface area contributed by atoms with Crippen molar-refractivity contribution in [3.63, 3.8) is 0 Å². The number of nitrogens with one attached hydrogen (secondary N) is 1. The molecule has 1 aliphatic rings. The summed E-state index contributed by atoms with van der Waals surface area (Å²) in [5.41, 5.74) is -0.520. The zero-order valence-corrected chi connectivity index (χ0v) is 13.5. The standard InChI is InChI=1S/C16H16F3NO2S/c1-4-6-11-13(21)12(15(20-2)23-11)9-7-5-8-10(14(9)22-3)16(17,18)19/h4-5,7-8,11,20H,1,6H2,2-3H3. The second-order valence-corrected chi connectivity index (χ2v) is 6.05. The van der Waals surface area contributed by atoms with Gasteiger partial charge in [-0.25, -0.2) is 0 Å². The summed E-state index contributed by atoms with van der Waals surface area (Å²) in [6.45, 7) is 3.61. The van der Waals surface area contributed by atoms with Gasteiger partial charge in [0.2, 0.25) is 0 Å². The van der Waals surface area contributed by atoms with Gasteiger partial charge < -0.3 is 10.1 Å². The average Bonchev–Trinajstić information content (AvgIpc) is 2.82. The molecule has 0 aromatic heterocycles. The van der Waals surface area contributed by atoms with Crippen LogP contribution < -0.4 is 10.1 Å². The van der Waals surface area contributed by atoms with E-state index in [1.54, 1.807) is 13.1 Å². The van der Waals surface area contributed by atoms with Crippen LogP contribution in [-0.2, 0) is 11.0 Å². The fraction of sp³-hybridized carbons (Fsp3) is 0.312. The molecule has 0 saturated heterocycles. The van der Waals surface area contributed by atoms with Crippen molar-refractivity contribution in [2.45, 2.75) is 17.8 Å². The van der Waals surface area contributed by atoms with Gasteiger partial charge in [0.25, 0.3) is 0 Å². The Morgan fingerprint density at radius 2 is 2.13 bits per heavy atom. The number of methoxy groups -OCH3 is 1. The molecule has 0 fully saturated rings. The first kappa shape index (κ1) is 17.5. The second-order valence-electron chi connectivity index (χ2n) is 4.83. The number of carbonyl (C=O) groups excluding carboxylic acids is 1. The molecule has 0 saturated carbocycles. The van der Waals surface area contributed by atoms with E-state index in [0.717, 1.165) is 6.07 Å². The minimum atomic E-state index is -4.56. The van der Waals surface area contributed by atoms with E-state index < -0.39 is 11.7 Å². The average molecular weight is 343 g/mol. The molecule has 1 atom stereocenters. The van der Waals surface area contributed by atoms with Crippen LogP contribution in [0.15, 0.2) is 35.9 Å². The van der Waals surface area contributed by atoms with E-state index in [9.17, 15) is 18.0 Å². The number of Topliss-reactive ketones (excluding diaryl/α,β-unsaturated/α-hetero) is 1. The number of para-hydroxylation sites is 1. The smallest absolute Gasteiger partial charge is 0.419 e. The first-order valence-corrected chi connectivity index (χ1v) is 7.71. The zero-order chi connectivity index (χ0) is 17.2. The van der Waals surface area contributed by atoms with E-state index in [1.807, 2.05) is 0 Å². The van der Waals surface area contributed by atoms with Crippen LogP contribution in [0.3, 0.4) is 0 Å². The summed E-state index contributed by atoms with van der Waals surface area (Å²) in [4.78, 5) is 12.6. The van der Waals surface area contributed by atoms with Crippen molar-refractivity contribution < 1.29 is 22.7 Å². The number of alkyl halides is 3. The van der Waals surface area contributed by atoms with Crippen LogP contribution >= 0.6 is 11.8 Å². The molecule has 124 valence electrons. The Kier molecular flexibility index (Phi) is 5.09. The zero-order valence-electron chi connectivity index (χ0n) is 12.7. The molecule has 0 radical (unpaired) electrons. The summed E-state index contributed by atoms with van der Waals surface area (Å²) in [6, 6.07) is 3.69. The fourth-order valence-electron chi connectivity index (χ4n) is 2.45. The van der Waals surface area contributed by atoms with Gasteiger partial charge in [-0.2, -0.15) is 13.2 Å². The van der Waals surface area contributed by atoms with Crippen molar-refractivity contribution in [1.29, 1.82) is 0 Å². The van der Waals surface area contributed by atoms with Gasteiger partial charge in [0.1, 0.15) is 5.75 Å². The summed E-state index contributed by atoms with van der Waals surface area (Å²) in [7, 11) is 2.80. The molecule has 0 spiro atoms. The molecule has 1 aromatic carbocycles. The number of hydrogen-bond acceptors (Lipinski definition) is 4. The lowest BCUT2D eigenvalue weighted by atomic mass is 9.96.